The van der Waals surface area contributed by atoms with Crippen molar-refractivity contribution >= 4 is 11.8 Å². The summed E-state index contributed by atoms with van der Waals surface area (Å²) in [6.07, 6.45) is 2.25. The van der Waals surface area contributed by atoms with Crippen LogP contribution in [0.5, 0.6) is 0 Å². The predicted octanol–water partition coefficient (Wildman–Crippen LogP) is 6.09. The van der Waals surface area contributed by atoms with Crippen LogP contribution in [-0.4, -0.2) is 38.2 Å². The van der Waals surface area contributed by atoms with Crippen molar-refractivity contribution in [2.24, 2.45) is 0 Å². The molecule has 35 heavy (non-hydrogen) atoms. The molecule has 0 spiro atoms. The fourth-order valence-electron chi connectivity index (χ4n) is 4.91. The minimum atomic E-state index is -0.767. The van der Waals surface area contributed by atoms with E-state index >= 15 is 0 Å². The van der Waals surface area contributed by atoms with Gasteiger partial charge in [0, 0.05) is 29.6 Å². The molecule has 3 aromatic rings. The summed E-state index contributed by atoms with van der Waals surface area (Å²) in [4.78, 5) is 23.4. The summed E-state index contributed by atoms with van der Waals surface area (Å²) in [5.74, 6) is -0.0367. The molecular weight excluding hydrogens is 438 g/mol. The number of aliphatic hydroxyl groups excluding tert-OH is 1. The summed E-state index contributed by atoms with van der Waals surface area (Å²) in [6, 6.07) is 16.8. The third-order valence-corrected chi connectivity index (χ3v) is 6.74. The van der Waals surface area contributed by atoms with Gasteiger partial charge in [-0.25, -0.2) is 9.97 Å². The van der Waals surface area contributed by atoms with Crippen LogP contribution in [0, 0.1) is 13.8 Å². The molecule has 0 aliphatic carbocycles. The van der Waals surface area contributed by atoms with E-state index < -0.39 is 12.1 Å². The maximum absolute atomic E-state index is 11.2. The molecule has 184 valence electrons. The fraction of sp³-hybridized carbons (Fsp3) is 0.414. The minimum absolute atomic E-state index is 0.0803. The Morgan fingerprint density at radius 3 is 2.00 bits per heavy atom. The van der Waals surface area contributed by atoms with Crippen LogP contribution in [0.3, 0.4) is 0 Å². The van der Waals surface area contributed by atoms with Crippen LogP contribution in [0.1, 0.15) is 68.9 Å². The highest BCUT2D eigenvalue weighted by Crippen LogP contribution is 2.41. The smallest absolute Gasteiger partial charge is 0.303 e. The van der Waals surface area contributed by atoms with E-state index in [4.69, 9.17) is 15.1 Å². The lowest BCUT2D eigenvalue weighted by molar-refractivity contribution is -0.137. The fourth-order valence-corrected chi connectivity index (χ4v) is 4.91. The maximum Gasteiger partial charge on any atom is 0.303 e. The second-order valence-corrected chi connectivity index (χ2v) is 9.91. The zero-order valence-electron chi connectivity index (χ0n) is 21.0. The van der Waals surface area contributed by atoms with Crippen LogP contribution in [-0.2, 0) is 4.79 Å². The van der Waals surface area contributed by atoms with Crippen LogP contribution >= 0.6 is 0 Å². The number of carbonyl (C=O) groups is 1. The van der Waals surface area contributed by atoms with E-state index in [2.05, 4.69) is 81.1 Å². The van der Waals surface area contributed by atoms with Crippen LogP contribution < -0.4 is 4.90 Å². The first-order valence-electron chi connectivity index (χ1n) is 12.5. The number of aromatic nitrogens is 2. The molecule has 6 nitrogen and oxygen atoms in total. The molecule has 2 atom stereocenters. The Hall–Kier alpha value is -3.25. The molecule has 0 saturated carbocycles. The number of aliphatic carboxylic acids is 1. The molecular formula is C29H35N3O3. The van der Waals surface area contributed by atoms with Gasteiger partial charge in [-0.3, -0.25) is 4.79 Å². The number of hydrogen-bond donors (Lipinski definition) is 2. The van der Waals surface area contributed by atoms with Gasteiger partial charge in [0.05, 0.1) is 11.4 Å². The normalized spacial score (nSPS) is 17.5. The first-order valence-corrected chi connectivity index (χ1v) is 12.5. The van der Waals surface area contributed by atoms with Gasteiger partial charge in [-0.15, -0.1) is 0 Å². The van der Waals surface area contributed by atoms with Gasteiger partial charge in [-0.2, -0.15) is 0 Å². The van der Waals surface area contributed by atoms with Gasteiger partial charge in [-0.1, -0.05) is 66.1 Å². The average Bonchev–Trinajstić information content (AvgIpc) is 2.82. The van der Waals surface area contributed by atoms with Crippen molar-refractivity contribution in [2.75, 3.05) is 4.90 Å². The number of anilines is 1. The lowest BCUT2D eigenvalue weighted by atomic mass is 9.92. The van der Waals surface area contributed by atoms with Crippen molar-refractivity contribution in [1.82, 2.24) is 9.97 Å². The summed E-state index contributed by atoms with van der Waals surface area (Å²) in [7, 11) is 0. The molecule has 0 saturated heterocycles. The first-order chi connectivity index (χ1) is 16.7. The van der Waals surface area contributed by atoms with E-state index in [1.807, 2.05) is 0 Å². The van der Waals surface area contributed by atoms with Gasteiger partial charge in [-0.05, 0) is 47.0 Å². The Balaban J connectivity index is 1.80. The zero-order chi connectivity index (χ0) is 25.1. The zero-order valence-corrected chi connectivity index (χ0v) is 21.0. The number of rotatable bonds is 8. The number of aliphatic hydroxyl groups is 1. The SMILES string of the molecule is Cc1ccc(-c2nc3c(nc2-c2ccc(C)cc2)N(C(C)C)C(CCCCC(=O)O)CC3O)cc1. The molecule has 2 unspecified atom stereocenters. The maximum atomic E-state index is 11.2. The molecule has 2 heterocycles. The van der Waals surface area contributed by atoms with E-state index in [1.165, 1.54) is 11.1 Å². The quantitative estimate of drug-likeness (QED) is 0.385. The van der Waals surface area contributed by atoms with Crippen molar-refractivity contribution < 1.29 is 15.0 Å². The number of carboxylic acids is 1. The van der Waals surface area contributed by atoms with Crippen molar-refractivity contribution in [1.29, 1.82) is 0 Å². The molecule has 0 radical (unpaired) electrons. The molecule has 1 aliphatic heterocycles. The minimum Gasteiger partial charge on any atom is -0.481 e. The van der Waals surface area contributed by atoms with Crippen molar-refractivity contribution in [3.05, 3.63) is 65.4 Å². The number of carboxylic acid groups (broad SMARTS) is 1. The third-order valence-electron chi connectivity index (χ3n) is 6.74. The van der Waals surface area contributed by atoms with E-state index in [1.54, 1.807) is 0 Å². The summed E-state index contributed by atoms with van der Waals surface area (Å²) in [5.41, 5.74) is 6.51. The Labute approximate surface area is 207 Å². The number of hydrogen-bond acceptors (Lipinski definition) is 5. The number of nitrogens with zero attached hydrogens (tertiary/aromatic N) is 3. The number of fused-ring (bicyclic) bond motifs is 1. The van der Waals surface area contributed by atoms with Crippen LogP contribution in [0.15, 0.2) is 48.5 Å². The van der Waals surface area contributed by atoms with Gasteiger partial charge < -0.3 is 15.1 Å². The van der Waals surface area contributed by atoms with Gasteiger partial charge in [0.25, 0.3) is 0 Å². The lowest BCUT2D eigenvalue weighted by Gasteiger charge is -2.42. The second-order valence-electron chi connectivity index (χ2n) is 9.91. The Bertz CT molecular complexity index is 1170. The third kappa shape index (κ3) is 5.54. The van der Waals surface area contributed by atoms with Gasteiger partial charge in [0.1, 0.15) is 11.8 Å². The van der Waals surface area contributed by atoms with Gasteiger partial charge >= 0.3 is 5.97 Å². The number of unbranched alkanes of at least 4 members (excludes halogenated alkanes) is 1. The van der Waals surface area contributed by atoms with E-state index in [-0.39, 0.29) is 18.5 Å². The van der Waals surface area contributed by atoms with E-state index in [0.29, 0.717) is 18.5 Å². The summed E-state index contributed by atoms with van der Waals surface area (Å²) >= 11 is 0. The monoisotopic (exact) mass is 473 g/mol. The topological polar surface area (TPSA) is 86.6 Å². The first kappa shape index (κ1) is 24.9. The van der Waals surface area contributed by atoms with Gasteiger partial charge in [0.15, 0.2) is 5.82 Å². The number of aryl methyl sites for hydroxylation is 2. The molecule has 6 heteroatoms. The molecule has 1 aliphatic rings. The molecule has 2 N–H and O–H groups in total. The summed E-state index contributed by atoms with van der Waals surface area (Å²) < 4.78 is 0. The van der Waals surface area contributed by atoms with Crippen molar-refractivity contribution in [2.45, 2.75) is 78.0 Å². The second kappa shape index (κ2) is 10.6. The highest BCUT2D eigenvalue weighted by Gasteiger charge is 2.36. The standard InChI is InChI=1S/C29H35N3O3/c1-18(2)32-23(7-5-6-8-25(34)35)17-24(33)28-29(32)31-27(22-15-11-20(4)12-16-22)26(30-28)21-13-9-19(3)10-14-21/h9-16,18,23-24,33H,5-8,17H2,1-4H3,(H,34,35). The predicted molar refractivity (Wildman–Crippen MR) is 139 cm³/mol. The van der Waals surface area contributed by atoms with E-state index in [9.17, 15) is 9.90 Å². The molecule has 1 aromatic heterocycles. The molecule has 4 rings (SSSR count). The van der Waals surface area contributed by atoms with Crippen LogP contribution in [0.2, 0.25) is 0 Å². The molecule has 0 fully saturated rings. The molecule has 2 aromatic carbocycles. The largest absolute Gasteiger partial charge is 0.481 e. The van der Waals surface area contributed by atoms with Gasteiger partial charge in [0.2, 0.25) is 0 Å². The Kier molecular flexibility index (Phi) is 7.51. The average molecular weight is 474 g/mol. The van der Waals surface area contributed by atoms with Crippen molar-refractivity contribution in [3.8, 4) is 22.5 Å². The summed E-state index contributed by atoms with van der Waals surface area (Å²) in [5, 5.41) is 20.2. The van der Waals surface area contributed by atoms with Crippen LogP contribution in [0.25, 0.3) is 22.5 Å². The highest BCUT2D eigenvalue weighted by molar-refractivity contribution is 5.80. The lowest BCUT2D eigenvalue weighted by Crippen LogP contribution is -2.46. The Morgan fingerprint density at radius 2 is 1.49 bits per heavy atom. The molecule has 0 bridgehead atoms. The summed E-state index contributed by atoms with van der Waals surface area (Å²) in [6.45, 7) is 8.39. The highest BCUT2D eigenvalue weighted by atomic mass is 16.4. The van der Waals surface area contributed by atoms with Crippen molar-refractivity contribution in [3.63, 3.8) is 0 Å². The Morgan fingerprint density at radius 1 is 0.943 bits per heavy atom. The molecule has 0 amide bonds. The van der Waals surface area contributed by atoms with E-state index in [0.717, 1.165) is 41.2 Å². The number of benzene rings is 2. The van der Waals surface area contributed by atoms with Crippen LogP contribution in [0.4, 0.5) is 5.82 Å².